The van der Waals surface area contributed by atoms with Gasteiger partial charge in [0.1, 0.15) is 11.6 Å². The smallest absolute Gasteiger partial charge is 0.230 e. The number of hydrogen-bond donors (Lipinski definition) is 2. The normalized spacial score (nSPS) is 26.4. The van der Waals surface area contributed by atoms with Gasteiger partial charge in [0.05, 0.1) is 17.9 Å². The highest BCUT2D eigenvalue weighted by atomic mass is 32.2. The fourth-order valence-electron chi connectivity index (χ4n) is 4.47. The maximum absolute atomic E-state index is 12.5. The second kappa shape index (κ2) is 8.71. The SMILES string of the molecule is CO[C@H]1C[C@@H]2CN(c3cc(C)ccn3)C[C@@H]2C[C@@H]1NC(=O)CSc1n[nH]c(C)n1. The molecule has 0 radical (unpaired) electrons. The predicted molar refractivity (Wildman–Crippen MR) is 112 cm³/mol. The third-order valence-corrected chi connectivity index (χ3v) is 6.75. The molecule has 156 valence electrons. The molecular formula is C20H28N6O2S. The lowest BCUT2D eigenvalue weighted by molar-refractivity contribution is -0.121. The van der Waals surface area contributed by atoms with Crippen molar-refractivity contribution in [3.05, 3.63) is 29.7 Å². The van der Waals surface area contributed by atoms with Crippen LogP contribution in [-0.2, 0) is 9.53 Å². The van der Waals surface area contributed by atoms with E-state index >= 15 is 0 Å². The number of H-pyrrole nitrogens is 1. The standard InChI is InChI=1S/C20H28N6O2S/c1-12-4-5-21-18(6-12)26-9-14-7-16(17(28-3)8-15(14)10-26)23-19(27)11-29-20-22-13(2)24-25-20/h4-6,14-17H,7-11H2,1-3H3,(H,23,27)(H,22,24,25)/t14-,15+,16-,17-/m0/s1. The van der Waals surface area contributed by atoms with Crippen LogP contribution < -0.4 is 10.2 Å². The van der Waals surface area contributed by atoms with Gasteiger partial charge < -0.3 is 15.0 Å². The molecule has 2 aliphatic rings. The van der Waals surface area contributed by atoms with Gasteiger partial charge in [-0.25, -0.2) is 9.97 Å². The van der Waals surface area contributed by atoms with E-state index in [0.29, 0.717) is 22.7 Å². The molecule has 0 bridgehead atoms. The summed E-state index contributed by atoms with van der Waals surface area (Å²) < 4.78 is 5.75. The molecule has 2 N–H and O–H groups in total. The predicted octanol–water partition coefficient (Wildman–Crippen LogP) is 1.95. The Morgan fingerprint density at radius 3 is 2.83 bits per heavy atom. The van der Waals surface area contributed by atoms with Gasteiger partial charge in [-0.05, 0) is 56.2 Å². The van der Waals surface area contributed by atoms with E-state index < -0.39 is 0 Å². The summed E-state index contributed by atoms with van der Waals surface area (Å²) in [5, 5.41) is 10.6. The van der Waals surface area contributed by atoms with Gasteiger partial charge in [-0.3, -0.25) is 9.89 Å². The number of hydrogen-bond acceptors (Lipinski definition) is 7. The molecule has 2 aromatic rings. The molecule has 4 rings (SSSR count). The van der Waals surface area contributed by atoms with E-state index in [9.17, 15) is 4.79 Å². The van der Waals surface area contributed by atoms with Gasteiger partial charge in [-0.1, -0.05) is 11.8 Å². The minimum absolute atomic E-state index is 0.00171. The number of nitrogens with one attached hydrogen (secondary N) is 2. The van der Waals surface area contributed by atoms with Crippen LogP contribution in [-0.4, -0.2) is 64.2 Å². The maximum atomic E-state index is 12.5. The average Bonchev–Trinajstić information content (AvgIpc) is 3.31. The first-order valence-corrected chi connectivity index (χ1v) is 11.0. The van der Waals surface area contributed by atoms with Crippen molar-refractivity contribution in [2.45, 2.75) is 44.0 Å². The topological polar surface area (TPSA) is 96.0 Å². The summed E-state index contributed by atoms with van der Waals surface area (Å²) in [7, 11) is 1.74. The van der Waals surface area contributed by atoms with E-state index in [1.807, 2.05) is 19.2 Å². The number of aromatic amines is 1. The fourth-order valence-corrected chi connectivity index (χ4v) is 5.13. The molecular weight excluding hydrogens is 388 g/mol. The Morgan fingerprint density at radius 2 is 2.14 bits per heavy atom. The lowest BCUT2D eigenvalue weighted by atomic mass is 9.77. The van der Waals surface area contributed by atoms with Crippen LogP contribution in [0.15, 0.2) is 23.5 Å². The minimum atomic E-state index is -0.00171. The molecule has 8 nitrogen and oxygen atoms in total. The third kappa shape index (κ3) is 4.72. The second-order valence-electron chi connectivity index (χ2n) is 8.03. The molecule has 1 saturated heterocycles. The molecule has 1 aliphatic heterocycles. The van der Waals surface area contributed by atoms with Crippen LogP contribution in [0.4, 0.5) is 5.82 Å². The number of aryl methyl sites for hydroxylation is 2. The number of amides is 1. The largest absolute Gasteiger partial charge is 0.379 e. The van der Waals surface area contributed by atoms with Gasteiger partial charge in [0.15, 0.2) is 0 Å². The second-order valence-corrected chi connectivity index (χ2v) is 8.97. The number of nitrogens with zero attached hydrogens (tertiary/aromatic N) is 4. The Hall–Kier alpha value is -2.13. The van der Waals surface area contributed by atoms with Gasteiger partial charge >= 0.3 is 0 Å². The molecule has 2 aromatic heterocycles. The van der Waals surface area contributed by atoms with Crippen LogP contribution in [0.25, 0.3) is 0 Å². The Bertz CT molecular complexity index is 859. The number of ether oxygens (including phenoxy) is 1. The van der Waals surface area contributed by atoms with E-state index in [-0.39, 0.29) is 18.1 Å². The third-order valence-electron chi connectivity index (χ3n) is 5.90. The van der Waals surface area contributed by atoms with Crippen molar-refractivity contribution >= 4 is 23.5 Å². The van der Waals surface area contributed by atoms with E-state index in [4.69, 9.17) is 4.74 Å². The van der Waals surface area contributed by atoms with E-state index in [2.05, 4.69) is 43.4 Å². The molecule has 1 aliphatic carbocycles. The first kappa shape index (κ1) is 20.2. The van der Waals surface area contributed by atoms with Crippen LogP contribution in [0.5, 0.6) is 0 Å². The van der Waals surface area contributed by atoms with Crippen LogP contribution >= 0.6 is 11.8 Å². The number of methoxy groups -OCH3 is 1. The van der Waals surface area contributed by atoms with Crippen molar-refractivity contribution < 1.29 is 9.53 Å². The van der Waals surface area contributed by atoms with Gasteiger partial charge in [0.25, 0.3) is 0 Å². The molecule has 0 spiro atoms. The molecule has 4 atom stereocenters. The number of carbonyl (C=O) groups is 1. The summed E-state index contributed by atoms with van der Waals surface area (Å²) in [5.74, 6) is 3.21. The lowest BCUT2D eigenvalue weighted by Gasteiger charge is -2.37. The van der Waals surface area contributed by atoms with Crippen LogP contribution in [0.3, 0.4) is 0 Å². The molecule has 3 heterocycles. The number of pyridine rings is 1. The molecule has 1 amide bonds. The average molecular weight is 417 g/mol. The number of aromatic nitrogens is 4. The summed E-state index contributed by atoms with van der Waals surface area (Å²) in [5.41, 5.74) is 1.23. The quantitative estimate of drug-likeness (QED) is 0.695. The summed E-state index contributed by atoms with van der Waals surface area (Å²) in [6.07, 6.45) is 3.81. The van der Waals surface area contributed by atoms with Crippen LogP contribution in [0.2, 0.25) is 0 Å². The summed E-state index contributed by atoms with van der Waals surface area (Å²) in [6.45, 7) is 5.92. The molecule has 29 heavy (non-hydrogen) atoms. The summed E-state index contributed by atoms with van der Waals surface area (Å²) in [6, 6.07) is 4.21. The molecule has 0 unspecified atom stereocenters. The Labute approximate surface area is 175 Å². The monoisotopic (exact) mass is 416 g/mol. The Morgan fingerprint density at radius 1 is 1.34 bits per heavy atom. The Kier molecular flexibility index (Phi) is 6.05. The summed E-state index contributed by atoms with van der Waals surface area (Å²) >= 11 is 1.34. The van der Waals surface area contributed by atoms with E-state index in [0.717, 1.165) is 37.6 Å². The Balaban J connectivity index is 1.35. The van der Waals surface area contributed by atoms with Crippen molar-refractivity contribution in [2.75, 3.05) is 30.9 Å². The first-order valence-electron chi connectivity index (χ1n) is 10.0. The maximum Gasteiger partial charge on any atom is 0.230 e. The number of carbonyl (C=O) groups excluding carboxylic acids is 1. The van der Waals surface area contributed by atoms with Crippen LogP contribution in [0, 0.1) is 25.7 Å². The van der Waals surface area contributed by atoms with Gasteiger partial charge in [-0.2, -0.15) is 0 Å². The van der Waals surface area contributed by atoms with Crippen molar-refractivity contribution in [2.24, 2.45) is 11.8 Å². The van der Waals surface area contributed by atoms with E-state index in [1.54, 1.807) is 7.11 Å². The zero-order valence-electron chi connectivity index (χ0n) is 17.1. The number of thioether (sulfide) groups is 1. The van der Waals surface area contributed by atoms with Crippen molar-refractivity contribution in [1.82, 2.24) is 25.5 Å². The van der Waals surface area contributed by atoms with Crippen molar-refractivity contribution in [1.29, 1.82) is 0 Å². The lowest BCUT2D eigenvalue weighted by Crippen LogP contribution is -2.50. The van der Waals surface area contributed by atoms with Gasteiger partial charge in [-0.15, -0.1) is 5.10 Å². The van der Waals surface area contributed by atoms with Crippen molar-refractivity contribution in [3.8, 4) is 0 Å². The van der Waals surface area contributed by atoms with Crippen LogP contribution in [0.1, 0.15) is 24.2 Å². The minimum Gasteiger partial charge on any atom is -0.379 e. The van der Waals surface area contributed by atoms with Gasteiger partial charge in [0, 0.05) is 26.4 Å². The summed E-state index contributed by atoms with van der Waals surface area (Å²) in [4.78, 5) is 23.6. The molecule has 0 aromatic carbocycles. The number of fused-ring (bicyclic) bond motifs is 1. The van der Waals surface area contributed by atoms with Crippen molar-refractivity contribution in [3.63, 3.8) is 0 Å². The molecule has 2 fully saturated rings. The highest BCUT2D eigenvalue weighted by Gasteiger charge is 2.43. The fraction of sp³-hybridized carbons (Fsp3) is 0.600. The first-order chi connectivity index (χ1) is 14.0. The molecule has 1 saturated carbocycles. The number of rotatable bonds is 6. The number of anilines is 1. The highest BCUT2D eigenvalue weighted by Crippen LogP contribution is 2.39. The van der Waals surface area contributed by atoms with Gasteiger partial charge in [0.2, 0.25) is 11.1 Å². The zero-order chi connectivity index (χ0) is 20.4. The zero-order valence-corrected chi connectivity index (χ0v) is 17.9. The van der Waals surface area contributed by atoms with E-state index in [1.165, 1.54) is 17.3 Å². The highest BCUT2D eigenvalue weighted by molar-refractivity contribution is 7.99. The molecule has 9 heteroatoms.